The number of hydrogen-bond donors (Lipinski definition) is 1. The van der Waals surface area contributed by atoms with Crippen LogP contribution < -0.4 is 9.46 Å². The second-order valence-corrected chi connectivity index (χ2v) is 9.80. The van der Waals surface area contributed by atoms with Crippen molar-refractivity contribution in [2.24, 2.45) is 0 Å². The Morgan fingerprint density at radius 1 is 1.06 bits per heavy atom. The van der Waals surface area contributed by atoms with Gasteiger partial charge in [-0.1, -0.05) is 12.1 Å². The largest absolute Gasteiger partial charge is 0.493 e. The molecule has 4 rings (SSSR count). The van der Waals surface area contributed by atoms with Gasteiger partial charge in [-0.15, -0.1) is 0 Å². The highest BCUT2D eigenvalue weighted by Crippen LogP contribution is 2.42. The third-order valence-corrected chi connectivity index (χ3v) is 7.14. The van der Waals surface area contributed by atoms with E-state index >= 15 is 0 Å². The van der Waals surface area contributed by atoms with E-state index in [0.717, 1.165) is 24.5 Å². The summed E-state index contributed by atoms with van der Waals surface area (Å²) >= 11 is 1.87. The molecule has 2 heterocycles. The van der Waals surface area contributed by atoms with E-state index in [0.29, 0.717) is 26.9 Å². The fourth-order valence-electron chi connectivity index (χ4n) is 3.39. The minimum Gasteiger partial charge on any atom is -0.493 e. The van der Waals surface area contributed by atoms with Crippen LogP contribution in [0.15, 0.2) is 53.7 Å². The Morgan fingerprint density at radius 2 is 1.75 bits per heavy atom. The lowest BCUT2D eigenvalue weighted by Gasteiger charge is -2.28. The molecule has 1 aliphatic heterocycles. The van der Waals surface area contributed by atoms with E-state index in [1.165, 1.54) is 18.2 Å². The standard InChI is InChI=1S/C20H14F4IN3O3S/c21-12-9-26-19(27-10-12)28-32(29,30)13-2-4-16-14(5-6-31-18(16)8-13)15-3-1-11(7-17(15)25)20(22,23)24/h1-4,7-10,14H,5-6H2,(H,26,27,28)/t14-/m1/s1. The first-order chi connectivity index (χ1) is 15.0. The summed E-state index contributed by atoms with van der Waals surface area (Å²) in [5.41, 5.74) is 0.649. The van der Waals surface area contributed by atoms with Gasteiger partial charge in [-0.05, 0) is 52.8 Å². The van der Waals surface area contributed by atoms with Crippen molar-refractivity contribution in [3.8, 4) is 5.75 Å². The molecule has 32 heavy (non-hydrogen) atoms. The van der Waals surface area contributed by atoms with E-state index in [9.17, 15) is 26.0 Å². The van der Waals surface area contributed by atoms with Gasteiger partial charge in [0.05, 0.1) is 29.5 Å². The van der Waals surface area contributed by atoms with Crippen molar-refractivity contribution in [2.45, 2.75) is 23.4 Å². The highest BCUT2D eigenvalue weighted by atomic mass is 127. The summed E-state index contributed by atoms with van der Waals surface area (Å²) in [6, 6.07) is 7.86. The van der Waals surface area contributed by atoms with Crippen LogP contribution in [0.2, 0.25) is 0 Å². The number of alkyl halides is 3. The van der Waals surface area contributed by atoms with E-state index in [2.05, 4.69) is 14.7 Å². The number of sulfonamides is 1. The van der Waals surface area contributed by atoms with Gasteiger partial charge in [0.1, 0.15) is 5.75 Å². The molecule has 1 N–H and O–H groups in total. The minimum atomic E-state index is -4.43. The first-order valence-electron chi connectivity index (χ1n) is 9.18. The van der Waals surface area contributed by atoms with Crippen molar-refractivity contribution in [1.29, 1.82) is 0 Å². The van der Waals surface area contributed by atoms with Crippen LogP contribution in [0.3, 0.4) is 0 Å². The van der Waals surface area contributed by atoms with Crippen LogP contribution in [-0.2, 0) is 16.2 Å². The zero-order chi connectivity index (χ0) is 23.1. The molecule has 0 fully saturated rings. The Hall–Kier alpha value is -2.48. The summed E-state index contributed by atoms with van der Waals surface area (Å²) in [6.45, 7) is 0.271. The summed E-state index contributed by atoms with van der Waals surface area (Å²) in [7, 11) is -4.08. The Morgan fingerprint density at radius 3 is 2.41 bits per heavy atom. The van der Waals surface area contributed by atoms with Gasteiger partial charge in [0.25, 0.3) is 10.0 Å². The molecule has 0 saturated carbocycles. The number of anilines is 1. The molecule has 0 aliphatic carbocycles. The number of benzene rings is 2. The quantitative estimate of drug-likeness (QED) is 0.350. The van der Waals surface area contributed by atoms with Gasteiger partial charge in [0, 0.05) is 21.1 Å². The van der Waals surface area contributed by atoms with E-state index in [1.807, 2.05) is 22.6 Å². The van der Waals surface area contributed by atoms with Crippen molar-refractivity contribution in [1.82, 2.24) is 9.97 Å². The Labute approximate surface area is 194 Å². The minimum absolute atomic E-state index is 0.119. The number of nitrogens with one attached hydrogen (secondary N) is 1. The lowest BCUT2D eigenvalue weighted by molar-refractivity contribution is -0.137. The third-order valence-electron chi connectivity index (χ3n) is 4.88. The third kappa shape index (κ3) is 4.65. The predicted molar refractivity (Wildman–Crippen MR) is 115 cm³/mol. The zero-order valence-corrected chi connectivity index (χ0v) is 19.0. The molecule has 6 nitrogen and oxygen atoms in total. The van der Waals surface area contributed by atoms with Gasteiger partial charge in [0.15, 0.2) is 5.82 Å². The van der Waals surface area contributed by atoms with Crippen LogP contribution >= 0.6 is 22.6 Å². The van der Waals surface area contributed by atoms with E-state index in [4.69, 9.17) is 4.74 Å². The van der Waals surface area contributed by atoms with Gasteiger partial charge in [-0.3, -0.25) is 0 Å². The van der Waals surface area contributed by atoms with Crippen molar-refractivity contribution >= 4 is 38.6 Å². The average molecular weight is 579 g/mol. The summed E-state index contributed by atoms with van der Waals surface area (Å²) in [5.74, 6) is -0.931. The molecule has 0 radical (unpaired) electrons. The monoisotopic (exact) mass is 579 g/mol. The van der Waals surface area contributed by atoms with Gasteiger partial charge in [-0.2, -0.15) is 13.2 Å². The smallest absolute Gasteiger partial charge is 0.416 e. The second-order valence-electron chi connectivity index (χ2n) is 6.95. The first kappa shape index (κ1) is 22.7. The van der Waals surface area contributed by atoms with Crippen LogP contribution in [0.4, 0.5) is 23.5 Å². The van der Waals surface area contributed by atoms with Gasteiger partial charge < -0.3 is 4.74 Å². The Balaban J connectivity index is 1.65. The lowest BCUT2D eigenvalue weighted by Crippen LogP contribution is -2.19. The number of aromatic nitrogens is 2. The maximum Gasteiger partial charge on any atom is 0.416 e. The first-order valence-corrected chi connectivity index (χ1v) is 11.7. The molecule has 0 amide bonds. The number of halogens is 5. The van der Waals surface area contributed by atoms with Gasteiger partial charge in [-0.25, -0.2) is 27.5 Å². The lowest BCUT2D eigenvalue weighted by atomic mass is 9.86. The highest BCUT2D eigenvalue weighted by Gasteiger charge is 2.32. The molecule has 2 aromatic carbocycles. The van der Waals surface area contributed by atoms with Gasteiger partial charge in [0.2, 0.25) is 5.95 Å². The molecular weight excluding hydrogens is 565 g/mol. The van der Waals surface area contributed by atoms with Crippen LogP contribution in [0, 0.1) is 9.39 Å². The zero-order valence-electron chi connectivity index (χ0n) is 16.0. The van der Waals surface area contributed by atoms with Gasteiger partial charge >= 0.3 is 6.18 Å². The SMILES string of the molecule is O=S(=O)(Nc1ncc(F)cn1)c1ccc2c(c1)OCC[C@@H]2c1ccc(C(F)(F)F)cc1I. The second kappa shape index (κ2) is 8.46. The summed E-state index contributed by atoms with van der Waals surface area (Å²) < 4.78 is 85.5. The fourth-order valence-corrected chi connectivity index (χ4v) is 5.25. The summed E-state index contributed by atoms with van der Waals surface area (Å²) in [4.78, 5) is 7.03. The average Bonchev–Trinajstić information content (AvgIpc) is 2.74. The molecule has 0 unspecified atom stereocenters. The van der Waals surface area contributed by atoms with Crippen LogP contribution in [0.25, 0.3) is 0 Å². The van der Waals surface area contributed by atoms with Crippen LogP contribution in [-0.4, -0.2) is 25.0 Å². The molecule has 168 valence electrons. The molecule has 0 spiro atoms. The molecule has 12 heteroatoms. The highest BCUT2D eigenvalue weighted by molar-refractivity contribution is 14.1. The molecular formula is C20H14F4IN3O3S. The van der Waals surface area contributed by atoms with Crippen molar-refractivity contribution in [2.75, 3.05) is 11.3 Å². The topological polar surface area (TPSA) is 81.2 Å². The number of rotatable bonds is 4. The number of fused-ring (bicyclic) bond motifs is 1. The Bertz CT molecular complexity index is 1270. The normalized spacial score (nSPS) is 16.2. The molecule has 0 bridgehead atoms. The van der Waals surface area contributed by atoms with E-state index < -0.39 is 27.6 Å². The van der Waals surface area contributed by atoms with E-state index in [-0.39, 0.29) is 23.4 Å². The van der Waals surface area contributed by atoms with Crippen molar-refractivity contribution in [3.63, 3.8) is 0 Å². The van der Waals surface area contributed by atoms with Crippen LogP contribution in [0.1, 0.15) is 29.0 Å². The molecule has 1 atom stereocenters. The fraction of sp³-hybridized carbons (Fsp3) is 0.200. The Kier molecular flexibility index (Phi) is 6.00. The molecule has 0 saturated heterocycles. The number of ether oxygens (including phenoxy) is 1. The molecule has 1 aliphatic rings. The maximum atomic E-state index is 13.0. The molecule has 3 aromatic rings. The van der Waals surface area contributed by atoms with Crippen molar-refractivity contribution < 1.29 is 30.7 Å². The summed E-state index contributed by atoms with van der Waals surface area (Å²) in [5, 5.41) is 0. The number of nitrogens with zero attached hydrogens (tertiary/aromatic N) is 2. The van der Waals surface area contributed by atoms with E-state index in [1.54, 1.807) is 6.07 Å². The predicted octanol–water partition coefficient (Wildman–Crippen LogP) is 4.95. The maximum absolute atomic E-state index is 13.0. The number of hydrogen-bond acceptors (Lipinski definition) is 5. The summed E-state index contributed by atoms with van der Waals surface area (Å²) in [6.07, 6.45) is -2.24. The molecule has 1 aromatic heterocycles. The van der Waals surface area contributed by atoms with Crippen molar-refractivity contribution in [3.05, 3.63) is 74.9 Å². The van der Waals surface area contributed by atoms with Crippen LogP contribution in [0.5, 0.6) is 5.75 Å².